The molecule has 6 atom stereocenters. The molecule has 4 aliphatic carbocycles. The van der Waals surface area contributed by atoms with Crippen molar-refractivity contribution in [2.45, 2.75) is 91.1 Å². The predicted octanol–water partition coefficient (Wildman–Crippen LogP) is 6.83. The number of allylic oxidation sites excluding steroid dienone is 1. The van der Waals surface area contributed by atoms with Gasteiger partial charge in [0.2, 0.25) is 0 Å². The number of Topliss-reactive ketones (excluding diaryl/α,β-unsaturated/α-hetero) is 2. The Bertz CT molecular complexity index is 1100. The van der Waals surface area contributed by atoms with E-state index in [-0.39, 0.29) is 22.4 Å². The first-order valence-electron chi connectivity index (χ1n) is 13.3. The topological polar surface area (TPSA) is 60.4 Å². The highest BCUT2D eigenvalue weighted by atomic mass is 35.5. The molecule has 0 amide bonds. The summed E-state index contributed by atoms with van der Waals surface area (Å²) < 4.78 is 6.27. The molecule has 0 aliphatic heterocycles. The molecule has 6 unspecified atom stereocenters. The van der Waals surface area contributed by atoms with Crippen molar-refractivity contribution >= 4 is 29.1 Å². The van der Waals surface area contributed by atoms with Crippen molar-refractivity contribution in [3.8, 4) is 0 Å². The molecule has 4 nitrogen and oxygen atoms in total. The number of ether oxygens (including phenoxy) is 1. The molecular formula is C30H37ClO4. The van der Waals surface area contributed by atoms with Gasteiger partial charge in [-0.25, -0.2) is 4.79 Å². The lowest BCUT2D eigenvalue weighted by Crippen LogP contribution is -2.58. The van der Waals surface area contributed by atoms with Gasteiger partial charge in [-0.1, -0.05) is 44.5 Å². The maximum atomic E-state index is 13.3. The summed E-state index contributed by atoms with van der Waals surface area (Å²) in [6.07, 6.45) is 7.42. The third-order valence-corrected chi connectivity index (χ3v) is 11.0. The third-order valence-electron chi connectivity index (χ3n) is 10.6. The van der Waals surface area contributed by atoms with Crippen LogP contribution in [0.15, 0.2) is 34.9 Å². The van der Waals surface area contributed by atoms with Gasteiger partial charge in [-0.3, -0.25) is 9.59 Å². The summed E-state index contributed by atoms with van der Waals surface area (Å²) in [6.45, 7) is 8.19. The minimum Gasteiger partial charge on any atom is -0.447 e. The van der Waals surface area contributed by atoms with Gasteiger partial charge >= 0.3 is 5.97 Å². The Kier molecular flexibility index (Phi) is 6.06. The lowest BCUT2D eigenvalue weighted by molar-refractivity contribution is -0.161. The summed E-state index contributed by atoms with van der Waals surface area (Å²) in [5.74, 6) is 0.873. The number of fused-ring (bicyclic) bond motifs is 5. The van der Waals surface area contributed by atoms with Crippen molar-refractivity contribution in [1.82, 2.24) is 0 Å². The zero-order chi connectivity index (χ0) is 25.2. The average Bonchev–Trinajstić information content (AvgIpc) is 3.15. The molecule has 1 aromatic carbocycles. The molecule has 1 aromatic rings. The average molecular weight is 497 g/mol. The number of rotatable bonds is 4. The van der Waals surface area contributed by atoms with Gasteiger partial charge in [-0.05, 0) is 105 Å². The number of ketones is 2. The van der Waals surface area contributed by atoms with E-state index in [1.165, 1.54) is 0 Å². The lowest BCUT2D eigenvalue weighted by Gasteiger charge is -2.59. The standard InChI is InChI=1S/C30H37ClO4/c1-5-19-6-8-20(9-7-19)27(34)35-30(18(2)32)17-13-23-21-10-11-24-26(31)25(33)14-15-28(24,3)22(21)12-16-29(23,30)4/h6-9,21-23H,5,10-17H2,1-4H3. The van der Waals surface area contributed by atoms with Crippen LogP contribution in [0.3, 0.4) is 0 Å². The molecule has 0 spiro atoms. The number of carbonyl (C=O) groups is 3. The van der Waals surface area contributed by atoms with Gasteiger partial charge in [0.15, 0.2) is 17.2 Å². The molecule has 0 radical (unpaired) electrons. The monoisotopic (exact) mass is 496 g/mol. The van der Waals surface area contributed by atoms with Crippen LogP contribution in [0.2, 0.25) is 0 Å². The Hall–Kier alpha value is -1.94. The number of halogens is 1. The fraction of sp³-hybridized carbons (Fsp3) is 0.633. The molecule has 5 heteroatoms. The first kappa shape index (κ1) is 24.7. The molecule has 3 saturated carbocycles. The number of aryl methyl sites for hydroxylation is 1. The number of hydrogen-bond donors (Lipinski definition) is 0. The minimum atomic E-state index is -1.08. The lowest BCUT2D eigenvalue weighted by atomic mass is 9.46. The Morgan fingerprint density at radius 2 is 1.69 bits per heavy atom. The maximum Gasteiger partial charge on any atom is 0.339 e. The van der Waals surface area contributed by atoms with Gasteiger partial charge in [0.05, 0.1) is 10.6 Å². The van der Waals surface area contributed by atoms with E-state index in [2.05, 4.69) is 20.8 Å². The Labute approximate surface area is 213 Å². The van der Waals surface area contributed by atoms with Crippen molar-refractivity contribution in [3.63, 3.8) is 0 Å². The second kappa shape index (κ2) is 8.57. The van der Waals surface area contributed by atoms with Crippen molar-refractivity contribution in [2.75, 3.05) is 0 Å². The van der Waals surface area contributed by atoms with Gasteiger partial charge in [0.25, 0.3) is 0 Å². The van der Waals surface area contributed by atoms with E-state index in [9.17, 15) is 14.4 Å². The fourth-order valence-corrected chi connectivity index (χ4v) is 8.96. The fourth-order valence-electron chi connectivity index (χ4n) is 8.56. The number of hydrogen-bond acceptors (Lipinski definition) is 4. The van der Waals surface area contributed by atoms with Crippen LogP contribution in [0.4, 0.5) is 0 Å². The minimum absolute atomic E-state index is 0.0339. The van der Waals surface area contributed by atoms with Crippen LogP contribution in [0.25, 0.3) is 0 Å². The molecule has 0 bridgehead atoms. The molecule has 0 aromatic heterocycles. The SMILES string of the molecule is CCc1ccc(C(=O)OC2(C(C)=O)CCC3C4CCC5=C(Cl)C(=O)CCC5(C)C4CCC32C)cc1. The second-order valence-corrected chi connectivity index (χ2v) is 12.2. The summed E-state index contributed by atoms with van der Waals surface area (Å²) in [6, 6.07) is 7.53. The number of carbonyl (C=O) groups excluding carboxylic acids is 3. The molecular weight excluding hydrogens is 460 g/mol. The molecule has 0 heterocycles. The highest BCUT2D eigenvalue weighted by molar-refractivity contribution is 6.43. The highest BCUT2D eigenvalue weighted by Crippen LogP contribution is 2.68. The van der Waals surface area contributed by atoms with E-state index in [4.69, 9.17) is 16.3 Å². The maximum absolute atomic E-state index is 13.3. The summed E-state index contributed by atoms with van der Waals surface area (Å²) in [4.78, 5) is 38.9. The summed E-state index contributed by atoms with van der Waals surface area (Å²) in [7, 11) is 0. The Morgan fingerprint density at radius 1 is 1.00 bits per heavy atom. The van der Waals surface area contributed by atoms with Crippen LogP contribution >= 0.6 is 11.6 Å². The van der Waals surface area contributed by atoms with Gasteiger partial charge < -0.3 is 4.74 Å². The van der Waals surface area contributed by atoms with Crippen molar-refractivity contribution in [2.24, 2.45) is 28.6 Å². The quantitative estimate of drug-likeness (QED) is 0.428. The number of esters is 1. The van der Waals surface area contributed by atoms with Crippen molar-refractivity contribution in [3.05, 3.63) is 46.0 Å². The molecule has 188 valence electrons. The van der Waals surface area contributed by atoms with Gasteiger partial charge in [-0.2, -0.15) is 0 Å². The number of benzene rings is 1. The van der Waals surface area contributed by atoms with Gasteiger partial charge in [0.1, 0.15) is 0 Å². The van der Waals surface area contributed by atoms with E-state index in [1.54, 1.807) is 6.92 Å². The predicted molar refractivity (Wildman–Crippen MR) is 136 cm³/mol. The van der Waals surface area contributed by atoms with E-state index in [0.29, 0.717) is 41.2 Å². The first-order valence-corrected chi connectivity index (χ1v) is 13.7. The van der Waals surface area contributed by atoms with Gasteiger partial charge in [-0.15, -0.1) is 0 Å². The van der Waals surface area contributed by atoms with Crippen LogP contribution in [-0.4, -0.2) is 23.1 Å². The smallest absolute Gasteiger partial charge is 0.339 e. The summed E-state index contributed by atoms with van der Waals surface area (Å²) in [5.41, 5.74) is 1.32. The molecule has 3 fully saturated rings. The van der Waals surface area contributed by atoms with Crippen LogP contribution in [0.1, 0.15) is 95.0 Å². The Balaban J connectivity index is 1.45. The van der Waals surface area contributed by atoms with Crippen molar-refractivity contribution in [1.29, 1.82) is 0 Å². The second-order valence-electron chi connectivity index (χ2n) is 11.9. The van der Waals surface area contributed by atoms with Crippen LogP contribution in [0, 0.1) is 28.6 Å². The van der Waals surface area contributed by atoms with Crippen LogP contribution < -0.4 is 0 Å². The highest BCUT2D eigenvalue weighted by Gasteiger charge is 2.68. The normalized spacial score (nSPS) is 38.4. The molecule has 5 rings (SSSR count). The zero-order valence-electron chi connectivity index (χ0n) is 21.4. The third kappa shape index (κ3) is 3.49. The molecule has 0 N–H and O–H groups in total. The van der Waals surface area contributed by atoms with Crippen LogP contribution in [0.5, 0.6) is 0 Å². The molecule has 0 saturated heterocycles. The summed E-state index contributed by atoms with van der Waals surface area (Å²) >= 11 is 6.55. The van der Waals surface area contributed by atoms with E-state index in [0.717, 1.165) is 56.1 Å². The van der Waals surface area contributed by atoms with Crippen molar-refractivity contribution < 1.29 is 19.1 Å². The first-order chi connectivity index (χ1) is 16.6. The van der Waals surface area contributed by atoms with E-state index in [1.807, 2.05) is 24.3 Å². The Morgan fingerprint density at radius 3 is 2.34 bits per heavy atom. The molecule has 35 heavy (non-hydrogen) atoms. The summed E-state index contributed by atoms with van der Waals surface area (Å²) in [5, 5.41) is 0.484. The van der Waals surface area contributed by atoms with E-state index < -0.39 is 11.6 Å². The zero-order valence-corrected chi connectivity index (χ0v) is 22.2. The largest absolute Gasteiger partial charge is 0.447 e. The van der Waals surface area contributed by atoms with Crippen LogP contribution in [-0.2, 0) is 20.7 Å². The van der Waals surface area contributed by atoms with E-state index >= 15 is 0 Å². The molecule has 4 aliphatic rings. The van der Waals surface area contributed by atoms with Gasteiger partial charge in [0, 0.05) is 11.8 Å².